The van der Waals surface area contributed by atoms with Gasteiger partial charge in [-0.3, -0.25) is 4.90 Å². The highest BCUT2D eigenvalue weighted by atomic mass is 16.5. The number of aliphatic hydroxyl groups excluding tert-OH is 1. The molecule has 1 aromatic rings. The van der Waals surface area contributed by atoms with E-state index >= 15 is 0 Å². The second-order valence-electron chi connectivity index (χ2n) is 4.58. The van der Waals surface area contributed by atoms with Crippen molar-refractivity contribution < 1.29 is 9.84 Å². The molecule has 0 aliphatic carbocycles. The molecule has 0 radical (unpaired) electrons. The third kappa shape index (κ3) is 2.76. The maximum Gasteiger partial charge on any atom is 0.142 e. The molecule has 4 heteroatoms. The minimum Gasteiger partial charge on any atom is -0.495 e. The van der Waals surface area contributed by atoms with E-state index in [4.69, 9.17) is 4.74 Å². The summed E-state index contributed by atoms with van der Waals surface area (Å²) in [6.45, 7) is 5.66. The molecular weight excluding hydrogens is 228 g/mol. The van der Waals surface area contributed by atoms with Gasteiger partial charge in [0.2, 0.25) is 0 Å². The Balaban J connectivity index is 2.01. The number of hydrogen-bond donors (Lipinski definition) is 1. The molecule has 1 aliphatic rings. The van der Waals surface area contributed by atoms with Gasteiger partial charge in [-0.25, -0.2) is 0 Å². The second kappa shape index (κ2) is 6.07. The van der Waals surface area contributed by atoms with Gasteiger partial charge in [-0.15, -0.1) is 0 Å². The van der Waals surface area contributed by atoms with Crippen molar-refractivity contribution in [2.75, 3.05) is 38.2 Å². The average molecular weight is 250 g/mol. The first-order valence-corrected chi connectivity index (χ1v) is 6.56. The van der Waals surface area contributed by atoms with Crippen LogP contribution in [0.1, 0.15) is 13.3 Å². The SMILES string of the molecule is CCC(O)N1CCN(c2ccccc2OC)CC1. The van der Waals surface area contributed by atoms with Crippen LogP contribution in [0.25, 0.3) is 0 Å². The summed E-state index contributed by atoms with van der Waals surface area (Å²) in [6, 6.07) is 8.10. The van der Waals surface area contributed by atoms with Gasteiger partial charge in [-0.2, -0.15) is 0 Å². The number of benzene rings is 1. The maximum absolute atomic E-state index is 9.82. The van der Waals surface area contributed by atoms with Gasteiger partial charge in [-0.05, 0) is 18.6 Å². The van der Waals surface area contributed by atoms with Crippen molar-refractivity contribution in [2.45, 2.75) is 19.6 Å². The molecule has 1 heterocycles. The van der Waals surface area contributed by atoms with Crippen LogP contribution in [-0.2, 0) is 0 Å². The zero-order valence-corrected chi connectivity index (χ0v) is 11.2. The van der Waals surface area contributed by atoms with Crippen LogP contribution in [0.15, 0.2) is 24.3 Å². The molecule has 1 atom stereocenters. The summed E-state index contributed by atoms with van der Waals surface area (Å²) in [6.07, 6.45) is 0.485. The summed E-state index contributed by atoms with van der Waals surface area (Å²) in [7, 11) is 1.70. The van der Waals surface area contributed by atoms with Crippen LogP contribution < -0.4 is 9.64 Å². The zero-order chi connectivity index (χ0) is 13.0. The Morgan fingerprint density at radius 3 is 2.50 bits per heavy atom. The summed E-state index contributed by atoms with van der Waals surface area (Å²) in [5.74, 6) is 0.919. The molecular formula is C14H22N2O2. The number of nitrogens with zero attached hydrogens (tertiary/aromatic N) is 2. The molecule has 1 aliphatic heterocycles. The van der Waals surface area contributed by atoms with E-state index in [1.165, 1.54) is 0 Å². The lowest BCUT2D eigenvalue weighted by Gasteiger charge is -2.38. The smallest absolute Gasteiger partial charge is 0.142 e. The number of ether oxygens (including phenoxy) is 1. The predicted molar refractivity (Wildman–Crippen MR) is 73.1 cm³/mol. The molecule has 0 aromatic heterocycles. The first-order valence-electron chi connectivity index (χ1n) is 6.56. The highest BCUT2D eigenvalue weighted by Crippen LogP contribution is 2.28. The average Bonchev–Trinajstić information content (AvgIpc) is 2.46. The van der Waals surface area contributed by atoms with Crippen LogP contribution in [0.3, 0.4) is 0 Å². The predicted octanol–water partition coefficient (Wildman–Crippen LogP) is 1.55. The fourth-order valence-corrected chi connectivity index (χ4v) is 2.41. The third-order valence-corrected chi connectivity index (χ3v) is 3.53. The van der Waals surface area contributed by atoms with Crippen LogP contribution in [0, 0.1) is 0 Å². The highest BCUT2D eigenvalue weighted by molar-refractivity contribution is 5.58. The summed E-state index contributed by atoms with van der Waals surface area (Å²) >= 11 is 0. The van der Waals surface area contributed by atoms with E-state index in [0.29, 0.717) is 0 Å². The number of para-hydroxylation sites is 2. The highest BCUT2D eigenvalue weighted by Gasteiger charge is 2.22. The molecule has 1 saturated heterocycles. The number of anilines is 1. The molecule has 4 nitrogen and oxygen atoms in total. The number of aliphatic hydroxyl groups is 1. The molecule has 0 spiro atoms. The largest absolute Gasteiger partial charge is 0.495 e. The van der Waals surface area contributed by atoms with Gasteiger partial charge >= 0.3 is 0 Å². The molecule has 1 N–H and O–H groups in total. The first kappa shape index (κ1) is 13.2. The van der Waals surface area contributed by atoms with Crippen molar-refractivity contribution in [3.8, 4) is 5.75 Å². The standard InChI is InChI=1S/C14H22N2O2/c1-3-14(17)16-10-8-15(9-11-16)12-6-4-5-7-13(12)18-2/h4-7,14,17H,3,8-11H2,1-2H3. The van der Waals surface area contributed by atoms with E-state index in [1.807, 2.05) is 25.1 Å². The van der Waals surface area contributed by atoms with E-state index in [9.17, 15) is 5.11 Å². The van der Waals surface area contributed by atoms with Gasteiger partial charge in [-0.1, -0.05) is 19.1 Å². The normalized spacial score (nSPS) is 18.7. The Morgan fingerprint density at radius 1 is 1.22 bits per heavy atom. The van der Waals surface area contributed by atoms with E-state index in [2.05, 4.69) is 15.9 Å². The number of hydrogen-bond acceptors (Lipinski definition) is 4. The van der Waals surface area contributed by atoms with Crippen molar-refractivity contribution in [1.29, 1.82) is 0 Å². The number of methoxy groups -OCH3 is 1. The summed E-state index contributed by atoms with van der Waals surface area (Å²) in [4.78, 5) is 4.45. The third-order valence-electron chi connectivity index (χ3n) is 3.53. The molecule has 18 heavy (non-hydrogen) atoms. The Bertz CT molecular complexity index is 376. The van der Waals surface area contributed by atoms with Crippen LogP contribution >= 0.6 is 0 Å². The van der Waals surface area contributed by atoms with Crippen molar-refractivity contribution in [3.63, 3.8) is 0 Å². The zero-order valence-electron chi connectivity index (χ0n) is 11.2. The summed E-state index contributed by atoms with van der Waals surface area (Å²) in [5.41, 5.74) is 1.14. The van der Waals surface area contributed by atoms with Crippen molar-refractivity contribution in [2.24, 2.45) is 0 Å². The first-order chi connectivity index (χ1) is 8.76. The molecule has 1 fully saturated rings. The molecule has 0 bridgehead atoms. The van der Waals surface area contributed by atoms with Crippen molar-refractivity contribution >= 4 is 5.69 Å². The van der Waals surface area contributed by atoms with Gasteiger partial charge in [0.05, 0.1) is 12.8 Å². The summed E-state index contributed by atoms with van der Waals surface area (Å²) in [5, 5.41) is 9.82. The maximum atomic E-state index is 9.82. The summed E-state index contributed by atoms with van der Waals surface area (Å²) < 4.78 is 5.39. The lowest BCUT2D eigenvalue weighted by atomic mass is 10.2. The van der Waals surface area contributed by atoms with Gasteiger partial charge in [0.1, 0.15) is 12.0 Å². The molecule has 2 rings (SSSR count). The fourth-order valence-electron chi connectivity index (χ4n) is 2.41. The van der Waals surface area contributed by atoms with Crippen LogP contribution in [0.5, 0.6) is 5.75 Å². The Labute approximate surface area is 109 Å². The second-order valence-corrected chi connectivity index (χ2v) is 4.58. The Hall–Kier alpha value is -1.26. The number of rotatable bonds is 4. The Kier molecular flexibility index (Phi) is 4.44. The molecule has 0 saturated carbocycles. The van der Waals surface area contributed by atoms with Gasteiger partial charge in [0.15, 0.2) is 0 Å². The van der Waals surface area contributed by atoms with E-state index in [0.717, 1.165) is 44.0 Å². The monoisotopic (exact) mass is 250 g/mol. The fraction of sp³-hybridized carbons (Fsp3) is 0.571. The molecule has 100 valence electrons. The minimum atomic E-state index is -0.301. The van der Waals surface area contributed by atoms with E-state index in [-0.39, 0.29) is 6.23 Å². The van der Waals surface area contributed by atoms with Gasteiger partial charge in [0, 0.05) is 26.2 Å². The Morgan fingerprint density at radius 2 is 1.89 bits per heavy atom. The number of piperazine rings is 1. The van der Waals surface area contributed by atoms with Gasteiger partial charge in [0.25, 0.3) is 0 Å². The molecule has 1 unspecified atom stereocenters. The lowest BCUT2D eigenvalue weighted by molar-refractivity contribution is -0.00194. The quantitative estimate of drug-likeness (QED) is 0.879. The van der Waals surface area contributed by atoms with Crippen molar-refractivity contribution in [3.05, 3.63) is 24.3 Å². The lowest BCUT2D eigenvalue weighted by Crippen LogP contribution is -2.50. The topological polar surface area (TPSA) is 35.9 Å². The minimum absolute atomic E-state index is 0.301. The van der Waals surface area contributed by atoms with Gasteiger partial charge < -0.3 is 14.7 Å². The molecule has 1 aromatic carbocycles. The van der Waals surface area contributed by atoms with E-state index < -0.39 is 0 Å². The van der Waals surface area contributed by atoms with Crippen LogP contribution in [0.4, 0.5) is 5.69 Å². The molecule has 0 amide bonds. The van der Waals surface area contributed by atoms with Crippen LogP contribution in [0.2, 0.25) is 0 Å². The van der Waals surface area contributed by atoms with Crippen molar-refractivity contribution in [1.82, 2.24) is 4.90 Å². The van der Waals surface area contributed by atoms with Crippen LogP contribution in [-0.4, -0.2) is 49.5 Å². The van der Waals surface area contributed by atoms with E-state index in [1.54, 1.807) is 7.11 Å².